The van der Waals surface area contributed by atoms with Crippen molar-refractivity contribution in [2.24, 2.45) is 0 Å². The summed E-state index contributed by atoms with van der Waals surface area (Å²) in [6.45, 7) is 4.02. The minimum absolute atomic E-state index is 0.0144. The maximum Gasteiger partial charge on any atom is 0.297 e. The van der Waals surface area contributed by atoms with Crippen molar-refractivity contribution in [1.82, 2.24) is 10.2 Å². The van der Waals surface area contributed by atoms with Crippen molar-refractivity contribution in [1.29, 1.82) is 0 Å². The molecule has 4 heterocycles. The van der Waals surface area contributed by atoms with Crippen molar-refractivity contribution in [3.8, 4) is 0 Å². The molecule has 250 valence electrons. The number of para-hydroxylation sites is 1. The SMILES string of the molecule is Cc1cc2oc3c(c(=O)c2cc1C)C1(C(=O)N(Cc2ccc(Cl)cc2)c2ccccc21)N(c1nnc(SCc2cccc4ccccc24)s1)C3=O. The second-order valence-electron chi connectivity index (χ2n) is 12.7. The van der Waals surface area contributed by atoms with E-state index in [4.69, 9.17) is 16.0 Å². The number of hydrogen-bond donors (Lipinski definition) is 0. The Balaban J connectivity index is 1.21. The zero-order valence-electron chi connectivity index (χ0n) is 27.3. The van der Waals surface area contributed by atoms with Crippen LogP contribution in [0.4, 0.5) is 10.8 Å². The number of carbonyl (C=O) groups is 2. The quantitative estimate of drug-likeness (QED) is 0.125. The number of carbonyl (C=O) groups excluding carboxylic acids is 2. The molecule has 7 aromatic rings. The Morgan fingerprint density at radius 2 is 1.59 bits per heavy atom. The van der Waals surface area contributed by atoms with Gasteiger partial charge >= 0.3 is 0 Å². The van der Waals surface area contributed by atoms with Gasteiger partial charge in [-0.25, -0.2) is 0 Å². The first-order valence-electron chi connectivity index (χ1n) is 16.3. The topological polar surface area (TPSA) is 96.6 Å². The van der Waals surface area contributed by atoms with Gasteiger partial charge in [0.25, 0.3) is 11.8 Å². The van der Waals surface area contributed by atoms with Gasteiger partial charge in [0.1, 0.15) is 5.58 Å². The van der Waals surface area contributed by atoms with Crippen LogP contribution in [0, 0.1) is 13.8 Å². The summed E-state index contributed by atoms with van der Waals surface area (Å²) in [5, 5.41) is 12.3. The zero-order chi connectivity index (χ0) is 35.0. The van der Waals surface area contributed by atoms with Gasteiger partial charge in [0.2, 0.25) is 10.9 Å². The van der Waals surface area contributed by atoms with Gasteiger partial charge in [-0.05, 0) is 77.2 Å². The number of rotatable bonds is 6. The number of halogens is 1. The second kappa shape index (κ2) is 11.9. The fourth-order valence-corrected chi connectivity index (χ4v) is 9.28. The van der Waals surface area contributed by atoms with Gasteiger partial charge in [-0.3, -0.25) is 19.3 Å². The first kappa shape index (κ1) is 31.7. The highest BCUT2D eigenvalue weighted by molar-refractivity contribution is 8.00. The number of fused-ring (bicyclic) bond motifs is 6. The van der Waals surface area contributed by atoms with E-state index in [1.54, 1.807) is 35.2 Å². The average Bonchev–Trinajstić information content (AvgIpc) is 3.78. The molecule has 2 aliphatic heterocycles. The minimum Gasteiger partial charge on any atom is -0.450 e. The van der Waals surface area contributed by atoms with Crippen molar-refractivity contribution in [2.75, 3.05) is 9.80 Å². The van der Waals surface area contributed by atoms with E-state index in [0.717, 1.165) is 33.0 Å². The van der Waals surface area contributed by atoms with Crippen LogP contribution in [0.3, 0.4) is 0 Å². The Kier molecular flexibility index (Phi) is 7.39. The molecule has 1 atom stereocenters. The van der Waals surface area contributed by atoms with E-state index in [9.17, 15) is 9.59 Å². The molecule has 8 nitrogen and oxygen atoms in total. The van der Waals surface area contributed by atoms with Gasteiger partial charge in [0, 0.05) is 16.3 Å². The summed E-state index contributed by atoms with van der Waals surface area (Å²) >= 11 is 8.89. The van der Waals surface area contributed by atoms with E-state index < -0.39 is 22.8 Å². The maximum absolute atomic E-state index is 15.3. The number of anilines is 2. The molecule has 9 rings (SSSR count). The molecule has 0 aliphatic carbocycles. The molecule has 1 spiro atoms. The van der Waals surface area contributed by atoms with Gasteiger partial charge in [-0.1, -0.05) is 107 Å². The smallest absolute Gasteiger partial charge is 0.297 e. The van der Waals surface area contributed by atoms with E-state index >= 15 is 4.79 Å². The van der Waals surface area contributed by atoms with Gasteiger partial charge in [-0.15, -0.1) is 10.2 Å². The molecule has 0 saturated heterocycles. The molecule has 0 bridgehead atoms. The molecule has 0 N–H and O–H groups in total. The van der Waals surface area contributed by atoms with Crippen molar-refractivity contribution in [2.45, 2.75) is 36.0 Å². The van der Waals surface area contributed by atoms with Crippen molar-refractivity contribution in [3.63, 3.8) is 0 Å². The van der Waals surface area contributed by atoms with E-state index in [2.05, 4.69) is 34.5 Å². The molecule has 2 aliphatic rings. The fourth-order valence-electron chi connectivity index (χ4n) is 7.26. The third-order valence-electron chi connectivity index (χ3n) is 9.81. The van der Waals surface area contributed by atoms with Crippen LogP contribution in [0.5, 0.6) is 0 Å². The van der Waals surface area contributed by atoms with Crippen molar-refractivity contribution < 1.29 is 14.0 Å². The summed E-state index contributed by atoms with van der Waals surface area (Å²) in [5.74, 6) is -0.634. The van der Waals surface area contributed by atoms with E-state index in [1.165, 1.54) is 28.0 Å². The number of benzene rings is 5. The summed E-state index contributed by atoms with van der Waals surface area (Å²) < 4.78 is 6.94. The Bertz CT molecular complexity index is 2650. The fraction of sp³-hybridized carbons (Fsp3) is 0.125. The van der Waals surface area contributed by atoms with Crippen LogP contribution in [0.2, 0.25) is 5.02 Å². The molecular weight excluding hydrogens is 700 g/mol. The molecule has 0 saturated carbocycles. The van der Waals surface area contributed by atoms with Crippen LogP contribution in [0.1, 0.15) is 43.9 Å². The van der Waals surface area contributed by atoms with Crippen LogP contribution in [0.25, 0.3) is 21.7 Å². The number of nitrogens with zero attached hydrogens (tertiary/aromatic N) is 4. The monoisotopic (exact) mass is 726 g/mol. The summed E-state index contributed by atoms with van der Waals surface area (Å²) in [4.78, 5) is 47.7. The summed E-state index contributed by atoms with van der Waals surface area (Å²) in [6.07, 6.45) is 0. The normalized spacial score (nSPS) is 16.5. The van der Waals surface area contributed by atoms with E-state index in [0.29, 0.717) is 31.8 Å². The summed E-state index contributed by atoms with van der Waals surface area (Å²) in [6, 6.07) is 32.4. The summed E-state index contributed by atoms with van der Waals surface area (Å²) in [5.41, 5.74) is 2.81. The van der Waals surface area contributed by atoms with Crippen LogP contribution in [-0.4, -0.2) is 22.0 Å². The van der Waals surface area contributed by atoms with Gasteiger partial charge in [-0.2, -0.15) is 0 Å². The molecule has 2 amide bonds. The van der Waals surface area contributed by atoms with Gasteiger partial charge < -0.3 is 9.32 Å². The number of aryl methyl sites for hydroxylation is 2. The second-order valence-corrected chi connectivity index (χ2v) is 15.3. The number of hydrogen-bond acceptors (Lipinski definition) is 8. The molecule has 2 aromatic heterocycles. The highest BCUT2D eigenvalue weighted by Gasteiger charge is 2.66. The highest BCUT2D eigenvalue weighted by atomic mass is 35.5. The lowest BCUT2D eigenvalue weighted by molar-refractivity contribution is -0.121. The van der Waals surface area contributed by atoms with Crippen LogP contribution >= 0.6 is 34.7 Å². The Hall–Kier alpha value is -5.29. The summed E-state index contributed by atoms with van der Waals surface area (Å²) in [7, 11) is 0. The average molecular weight is 727 g/mol. The van der Waals surface area contributed by atoms with E-state index in [1.807, 2.05) is 62.4 Å². The van der Waals surface area contributed by atoms with Gasteiger partial charge in [0.05, 0.1) is 23.2 Å². The molecule has 5 aromatic carbocycles. The third kappa shape index (κ3) is 4.77. The van der Waals surface area contributed by atoms with Crippen LogP contribution in [0.15, 0.2) is 117 Å². The number of amides is 2. The van der Waals surface area contributed by atoms with Crippen molar-refractivity contribution in [3.05, 3.63) is 158 Å². The Morgan fingerprint density at radius 3 is 2.43 bits per heavy atom. The first-order chi connectivity index (χ1) is 24.8. The highest BCUT2D eigenvalue weighted by Crippen LogP contribution is 2.55. The first-order valence-corrected chi connectivity index (χ1v) is 18.5. The minimum atomic E-state index is -1.87. The largest absolute Gasteiger partial charge is 0.450 e. The number of aromatic nitrogens is 2. The standard InChI is InChI=1S/C40H27ClN4O4S2/c1-22-18-29-32(19-23(22)2)49-35-33(34(29)46)40(30-12-5-6-13-31(30)44(37(40)48)20-24-14-16-27(41)17-15-24)45(36(35)47)38-42-43-39(51-38)50-21-26-10-7-9-25-8-3-4-11-28(25)26/h3-19H,20-21H2,1-2H3. The Morgan fingerprint density at radius 1 is 0.843 bits per heavy atom. The molecular formula is C40H27ClN4O4S2. The maximum atomic E-state index is 15.3. The van der Waals surface area contributed by atoms with Gasteiger partial charge in [0.15, 0.2) is 15.3 Å². The Labute approximate surface area is 305 Å². The lowest BCUT2D eigenvalue weighted by Gasteiger charge is -2.32. The van der Waals surface area contributed by atoms with Crippen LogP contribution < -0.4 is 15.2 Å². The molecule has 1 unspecified atom stereocenters. The van der Waals surface area contributed by atoms with Crippen molar-refractivity contribution >= 4 is 79.1 Å². The number of thioether (sulfide) groups is 1. The molecule has 0 fully saturated rings. The predicted octanol–water partition coefficient (Wildman–Crippen LogP) is 8.81. The van der Waals surface area contributed by atoms with E-state index in [-0.39, 0.29) is 28.6 Å². The lowest BCUT2D eigenvalue weighted by atomic mass is 9.84. The lowest BCUT2D eigenvalue weighted by Crippen LogP contribution is -2.53. The third-order valence-corrected chi connectivity index (χ3v) is 12.2. The zero-order valence-corrected chi connectivity index (χ0v) is 29.7. The molecule has 51 heavy (non-hydrogen) atoms. The predicted molar refractivity (Wildman–Crippen MR) is 202 cm³/mol. The molecule has 0 radical (unpaired) electrons. The van der Waals surface area contributed by atoms with Crippen LogP contribution in [-0.2, 0) is 22.6 Å². The molecule has 11 heteroatoms.